The minimum absolute atomic E-state index is 0.0658. The van der Waals surface area contributed by atoms with Gasteiger partial charge in [0.1, 0.15) is 0 Å². The second kappa shape index (κ2) is 3.26. The van der Waals surface area contributed by atoms with Crippen LogP contribution in [0.2, 0.25) is 0 Å². The van der Waals surface area contributed by atoms with E-state index in [1.165, 1.54) is 0 Å². The van der Waals surface area contributed by atoms with Gasteiger partial charge in [-0.2, -0.15) is 0 Å². The Morgan fingerprint density at radius 3 is 2.21 bits per heavy atom. The van der Waals surface area contributed by atoms with Gasteiger partial charge in [0.25, 0.3) is 0 Å². The summed E-state index contributed by atoms with van der Waals surface area (Å²) in [6.07, 6.45) is 2.18. The van der Waals surface area contributed by atoms with Crippen molar-refractivity contribution >= 4 is 0 Å². The lowest BCUT2D eigenvalue weighted by Crippen LogP contribution is -2.02. The van der Waals surface area contributed by atoms with E-state index in [1.54, 1.807) is 0 Å². The van der Waals surface area contributed by atoms with Crippen LogP contribution in [0.15, 0.2) is 6.07 Å². The summed E-state index contributed by atoms with van der Waals surface area (Å²) < 4.78 is 51.0. The highest BCUT2D eigenvalue weighted by Crippen LogP contribution is 2.34. The molecule has 76 valence electrons. The van der Waals surface area contributed by atoms with Crippen LogP contribution in [0.1, 0.15) is 18.4 Å². The van der Waals surface area contributed by atoms with Crippen molar-refractivity contribution in [2.45, 2.75) is 19.3 Å². The van der Waals surface area contributed by atoms with Gasteiger partial charge in [-0.3, -0.25) is 0 Å². The van der Waals surface area contributed by atoms with Crippen LogP contribution in [0, 0.1) is 29.2 Å². The molecule has 1 fully saturated rings. The number of rotatable bonds is 2. The van der Waals surface area contributed by atoms with Crippen molar-refractivity contribution in [2.24, 2.45) is 5.92 Å². The van der Waals surface area contributed by atoms with E-state index in [-0.39, 0.29) is 5.56 Å². The number of halogens is 4. The Morgan fingerprint density at radius 2 is 1.64 bits per heavy atom. The third-order valence-electron chi connectivity index (χ3n) is 2.38. The zero-order valence-electron chi connectivity index (χ0n) is 7.29. The average molecular weight is 204 g/mol. The van der Waals surface area contributed by atoms with Gasteiger partial charge in [-0.05, 0) is 36.8 Å². The van der Waals surface area contributed by atoms with Gasteiger partial charge < -0.3 is 0 Å². The van der Waals surface area contributed by atoms with Crippen LogP contribution >= 0.6 is 0 Å². The second-order valence-electron chi connectivity index (χ2n) is 3.61. The molecule has 0 unspecified atom stereocenters. The molecule has 1 saturated carbocycles. The minimum Gasteiger partial charge on any atom is -0.204 e. The normalized spacial score (nSPS) is 16.0. The van der Waals surface area contributed by atoms with Gasteiger partial charge in [0.15, 0.2) is 23.3 Å². The van der Waals surface area contributed by atoms with Crippen molar-refractivity contribution < 1.29 is 17.6 Å². The third kappa shape index (κ3) is 1.61. The topological polar surface area (TPSA) is 0 Å². The summed E-state index contributed by atoms with van der Waals surface area (Å²) in [6, 6.07) is 0.742. The van der Waals surface area contributed by atoms with Gasteiger partial charge in [-0.25, -0.2) is 17.6 Å². The van der Waals surface area contributed by atoms with Crippen LogP contribution < -0.4 is 0 Å². The second-order valence-corrected chi connectivity index (χ2v) is 3.61. The zero-order chi connectivity index (χ0) is 10.3. The Bertz CT molecular complexity index is 369. The zero-order valence-corrected chi connectivity index (χ0v) is 7.29. The summed E-state index contributed by atoms with van der Waals surface area (Å²) in [7, 11) is 0. The van der Waals surface area contributed by atoms with Gasteiger partial charge in [0.05, 0.1) is 0 Å². The fourth-order valence-corrected chi connectivity index (χ4v) is 1.40. The summed E-state index contributed by atoms with van der Waals surface area (Å²) in [5, 5.41) is 0. The first-order chi connectivity index (χ1) is 6.59. The first-order valence-corrected chi connectivity index (χ1v) is 4.41. The molecule has 1 aliphatic rings. The lowest BCUT2D eigenvalue weighted by atomic mass is 10.1. The fraction of sp³-hybridized carbons (Fsp3) is 0.400. The van der Waals surface area contributed by atoms with E-state index >= 15 is 0 Å². The molecule has 0 saturated heterocycles. The molecule has 1 aromatic carbocycles. The highest BCUT2D eigenvalue weighted by atomic mass is 19.2. The smallest absolute Gasteiger partial charge is 0.197 e. The van der Waals surface area contributed by atoms with Gasteiger partial charge in [0.2, 0.25) is 0 Å². The predicted octanol–water partition coefficient (Wildman–Crippen LogP) is 3.20. The molecule has 0 nitrogen and oxygen atoms in total. The van der Waals surface area contributed by atoms with Crippen LogP contribution in [0.5, 0.6) is 0 Å². The third-order valence-corrected chi connectivity index (χ3v) is 2.38. The molecule has 1 aliphatic carbocycles. The molecular weight excluding hydrogens is 196 g/mol. The molecule has 0 radical (unpaired) electrons. The molecule has 14 heavy (non-hydrogen) atoms. The predicted molar refractivity (Wildman–Crippen MR) is 42.7 cm³/mol. The van der Waals surface area contributed by atoms with E-state index in [0.29, 0.717) is 12.3 Å². The Morgan fingerprint density at radius 1 is 1.00 bits per heavy atom. The standard InChI is InChI=1S/C10H8F4/c11-7-4-6(3-5-1-2-5)8(12)10(14)9(7)13/h4-5H,1-3H2. The minimum atomic E-state index is -1.73. The quantitative estimate of drug-likeness (QED) is 0.394. The highest BCUT2D eigenvalue weighted by Gasteiger charge is 2.26. The van der Waals surface area contributed by atoms with Crippen molar-refractivity contribution in [3.8, 4) is 0 Å². The van der Waals surface area contributed by atoms with Crippen LogP contribution in [-0.2, 0) is 6.42 Å². The molecule has 0 atom stereocenters. The van der Waals surface area contributed by atoms with E-state index in [0.717, 1.165) is 18.9 Å². The van der Waals surface area contributed by atoms with Crippen molar-refractivity contribution in [1.82, 2.24) is 0 Å². The first-order valence-electron chi connectivity index (χ1n) is 4.41. The first kappa shape index (κ1) is 9.49. The molecule has 0 N–H and O–H groups in total. The molecule has 2 rings (SSSR count). The molecule has 0 bridgehead atoms. The Balaban J connectivity index is 2.38. The van der Waals surface area contributed by atoms with Crippen LogP contribution in [-0.4, -0.2) is 0 Å². The summed E-state index contributed by atoms with van der Waals surface area (Å²) in [6.45, 7) is 0. The van der Waals surface area contributed by atoms with Crippen molar-refractivity contribution in [3.63, 3.8) is 0 Å². The van der Waals surface area contributed by atoms with Crippen LogP contribution in [0.4, 0.5) is 17.6 Å². The number of hydrogen-bond donors (Lipinski definition) is 0. The Kier molecular flexibility index (Phi) is 2.21. The van der Waals surface area contributed by atoms with E-state index in [9.17, 15) is 17.6 Å². The van der Waals surface area contributed by atoms with Gasteiger partial charge >= 0.3 is 0 Å². The van der Waals surface area contributed by atoms with Crippen molar-refractivity contribution in [2.75, 3.05) is 0 Å². The maximum absolute atomic E-state index is 13.0. The Hall–Kier alpha value is -1.06. The molecule has 0 spiro atoms. The van der Waals surface area contributed by atoms with Crippen LogP contribution in [0.25, 0.3) is 0 Å². The molecule has 4 heteroatoms. The average Bonchev–Trinajstić information content (AvgIpc) is 2.94. The monoisotopic (exact) mass is 204 g/mol. The van der Waals surface area contributed by atoms with Gasteiger partial charge in [-0.15, -0.1) is 0 Å². The van der Waals surface area contributed by atoms with Gasteiger partial charge in [-0.1, -0.05) is 0 Å². The molecule has 0 amide bonds. The molecule has 0 aromatic heterocycles. The lowest BCUT2D eigenvalue weighted by Gasteiger charge is -2.04. The van der Waals surface area contributed by atoms with E-state index in [4.69, 9.17) is 0 Å². The fourth-order valence-electron chi connectivity index (χ4n) is 1.40. The molecule has 0 heterocycles. The van der Waals surface area contributed by atoms with Crippen molar-refractivity contribution in [1.29, 1.82) is 0 Å². The highest BCUT2D eigenvalue weighted by molar-refractivity contribution is 5.22. The Labute approximate surface area is 78.5 Å². The maximum Gasteiger partial charge on any atom is 0.197 e. The summed E-state index contributed by atoms with van der Waals surface area (Å²) in [4.78, 5) is 0. The maximum atomic E-state index is 13.0. The largest absolute Gasteiger partial charge is 0.204 e. The van der Waals surface area contributed by atoms with Crippen molar-refractivity contribution in [3.05, 3.63) is 34.9 Å². The van der Waals surface area contributed by atoms with Gasteiger partial charge in [0, 0.05) is 0 Å². The summed E-state index contributed by atoms with van der Waals surface area (Å²) in [5.41, 5.74) is -0.0658. The van der Waals surface area contributed by atoms with Crippen LogP contribution in [0.3, 0.4) is 0 Å². The van der Waals surface area contributed by atoms with E-state index in [2.05, 4.69) is 0 Å². The molecular formula is C10H8F4. The lowest BCUT2D eigenvalue weighted by molar-refractivity contribution is 0.403. The van der Waals surface area contributed by atoms with E-state index in [1.807, 2.05) is 0 Å². The number of hydrogen-bond acceptors (Lipinski definition) is 0. The SMILES string of the molecule is Fc1cc(CC2CC2)c(F)c(F)c1F. The summed E-state index contributed by atoms with van der Waals surface area (Å²) in [5.74, 6) is -5.72. The number of benzene rings is 1. The molecule has 0 aliphatic heterocycles. The molecule has 1 aromatic rings. The summed E-state index contributed by atoms with van der Waals surface area (Å²) >= 11 is 0. The van der Waals surface area contributed by atoms with E-state index < -0.39 is 23.3 Å².